The lowest BCUT2D eigenvalue weighted by atomic mass is 10.0. The number of carboxylic acids is 1. The summed E-state index contributed by atoms with van der Waals surface area (Å²) in [5, 5.41) is 8.70. The third kappa shape index (κ3) is 1.76. The van der Waals surface area contributed by atoms with Gasteiger partial charge in [0.25, 0.3) is 0 Å². The van der Waals surface area contributed by atoms with Gasteiger partial charge in [0.2, 0.25) is 0 Å². The first kappa shape index (κ1) is 9.19. The highest BCUT2D eigenvalue weighted by Gasteiger charge is 2.18. The summed E-state index contributed by atoms with van der Waals surface area (Å²) < 4.78 is 0. The van der Waals surface area contributed by atoms with E-state index < -0.39 is 5.97 Å². The van der Waals surface area contributed by atoms with E-state index in [0.717, 1.165) is 5.69 Å². The minimum Gasteiger partial charge on any atom is -0.478 e. The van der Waals surface area contributed by atoms with Gasteiger partial charge in [0.1, 0.15) is 0 Å². The molecule has 0 bridgehead atoms. The lowest BCUT2D eigenvalue weighted by molar-refractivity contribution is 0.0696. The molecular formula is C11H13NO2. The van der Waals surface area contributed by atoms with Crippen LogP contribution in [-0.2, 0) is 0 Å². The van der Waals surface area contributed by atoms with Crippen LogP contribution in [-0.4, -0.2) is 16.1 Å². The second-order valence-electron chi connectivity index (χ2n) is 3.76. The van der Waals surface area contributed by atoms with E-state index in [1.165, 1.54) is 31.9 Å². The van der Waals surface area contributed by atoms with Gasteiger partial charge in [-0.3, -0.25) is 4.98 Å². The van der Waals surface area contributed by atoms with Gasteiger partial charge in [-0.15, -0.1) is 0 Å². The Bertz CT molecular complexity index is 326. The van der Waals surface area contributed by atoms with E-state index in [4.69, 9.17) is 5.11 Å². The molecular weight excluding hydrogens is 178 g/mol. The van der Waals surface area contributed by atoms with Crippen molar-refractivity contribution in [1.29, 1.82) is 0 Å². The molecule has 1 N–H and O–H groups in total. The van der Waals surface area contributed by atoms with E-state index in [0.29, 0.717) is 5.92 Å². The maximum atomic E-state index is 10.6. The molecule has 0 spiro atoms. The van der Waals surface area contributed by atoms with Crippen molar-refractivity contribution >= 4 is 5.97 Å². The SMILES string of the molecule is O=C(O)c1ccc(C2CCCC2)nc1. The first-order valence-corrected chi connectivity index (χ1v) is 4.96. The molecule has 0 aliphatic heterocycles. The zero-order valence-corrected chi connectivity index (χ0v) is 7.94. The molecule has 2 rings (SSSR count). The Hall–Kier alpha value is -1.38. The maximum Gasteiger partial charge on any atom is 0.337 e. The van der Waals surface area contributed by atoms with Gasteiger partial charge in [0, 0.05) is 17.8 Å². The van der Waals surface area contributed by atoms with E-state index in [9.17, 15) is 4.79 Å². The van der Waals surface area contributed by atoms with E-state index in [1.807, 2.05) is 6.07 Å². The van der Waals surface area contributed by atoms with E-state index in [1.54, 1.807) is 6.07 Å². The lowest BCUT2D eigenvalue weighted by Gasteiger charge is -2.07. The van der Waals surface area contributed by atoms with Crippen LogP contribution >= 0.6 is 0 Å². The maximum absolute atomic E-state index is 10.6. The summed E-state index contributed by atoms with van der Waals surface area (Å²) in [5.41, 5.74) is 1.32. The summed E-state index contributed by atoms with van der Waals surface area (Å²) in [6, 6.07) is 3.49. The standard InChI is InChI=1S/C11H13NO2/c13-11(14)9-5-6-10(12-7-9)8-3-1-2-4-8/h5-8H,1-4H2,(H,13,14). The summed E-state index contributed by atoms with van der Waals surface area (Å²) in [5.74, 6) is -0.353. The van der Waals surface area contributed by atoms with E-state index in [-0.39, 0.29) is 5.56 Å². The Labute approximate surface area is 82.8 Å². The molecule has 0 unspecified atom stereocenters. The van der Waals surface area contributed by atoms with Crippen molar-refractivity contribution in [1.82, 2.24) is 4.98 Å². The Balaban J connectivity index is 2.16. The van der Waals surface area contributed by atoms with Crippen LogP contribution in [0.25, 0.3) is 0 Å². The number of carboxylic acid groups (broad SMARTS) is 1. The molecule has 0 atom stereocenters. The fourth-order valence-corrected chi connectivity index (χ4v) is 1.99. The summed E-state index contributed by atoms with van der Waals surface area (Å²) in [7, 11) is 0. The normalized spacial score (nSPS) is 17.1. The topological polar surface area (TPSA) is 50.2 Å². The number of pyridine rings is 1. The number of carbonyl (C=O) groups is 1. The Morgan fingerprint density at radius 2 is 2.07 bits per heavy atom. The van der Waals surface area contributed by atoms with Crippen LogP contribution in [0, 0.1) is 0 Å². The van der Waals surface area contributed by atoms with Crippen LogP contribution in [0.2, 0.25) is 0 Å². The first-order valence-electron chi connectivity index (χ1n) is 4.96. The highest BCUT2D eigenvalue weighted by atomic mass is 16.4. The van der Waals surface area contributed by atoms with Gasteiger partial charge in [-0.1, -0.05) is 12.8 Å². The second-order valence-corrected chi connectivity index (χ2v) is 3.76. The van der Waals surface area contributed by atoms with Crippen molar-refractivity contribution in [3.8, 4) is 0 Å². The number of aromatic carboxylic acids is 1. The third-order valence-corrected chi connectivity index (χ3v) is 2.81. The molecule has 3 nitrogen and oxygen atoms in total. The summed E-state index contributed by atoms with van der Waals surface area (Å²) in [6.45, 7) is 0. The fraction of sp³-hybridized carbons (Fsp3) is 0.455. The van der Waals surface area contributed by atoms with E-state index in [2.05, 4.69) is 4.98 Å². The minimum absolute atomic E-state index is 0.270. The van der Waals surface area contributed by atoms with Crippen molar-refractivity contribution < 1.29 is 9.90 Å². The van der Waals surface area contributed by atoms with Crippen LogP contribution in [0.5, 0.6) is 0 Å². The van der Waals surface area contributed by atoms with Gasteiger partial charge in [-0.05, 0) is 25.0 Å². The monoisotopic (exact) mass is 191 g/mol. The molecule has 3 heteroatoms. The van der Waals surface area contributed by atoms with Crippen molar-refractivity contribution in [2.75, 3.05) is 0 Å². The number of nitrogens with zero attached hydrogens (tertiary/aromatic N) is 1. The van der Waals surface area contributed by atoms with Crippen LogP contribution in [0.4, 0.5) is 0 Å². The highest BCUT2D eigenvalue weighted by molar-refractivity contribution is 5.87. The molecule has 74 valence electrons. The van der Waals surface area contributed by atoms with Crippen LogP contribution in [0.1, 0.15) is 47.7 Å². The summed E-state index contributed by atoms with van der Waals surface area (Å²) in [6.07, 6.45) is 6.38. The Morgan fingerprint density at radius 1 is 1.36 bits per heavy atom. The van der Waals surface area contributed by atoms with Crippen molar-refractivity contribution in [2.24, 2.45) is 0 Å². The van der Waals surface area contributed by atoms with Gasteiger partial charge >= 0.3 is 5.97 Å². The van der Waals surface area contributed by atoms with Gasteiger partial charge in [0.15, 0.2) is 0 Å². The van der Waals surface area contributed by atoms with Gasteiger partial charge in [-0.2, -0.15) is 0 Å². The third-order valence-electron chi connectivity index (χ3n) is 2.81. The molecule has 0 amide bonds. The molecule has 1 heterocycles. The van der Waals surface area contributed by atoms with Gasteiger partial charge in [0.05, 0.1) is 5.56 Å². The number of aromatic nitrogens is 1. The molecule has 0 radical (unpaired) electrons. The second kappa shape index (κ2) is 3.78. The summed E-state index contributed by atoms with van der Waals surface area (Å²) in [4.78, 5) is 14.8. The van der Waals surface area contributed by atoms with Crippen molar-refractivity contribution in [2.45, 2.75) is 31.6 Å². The quantitative estimate of drug-likeness (QED) is 0.781. The number of rotatable bonds is 2. The molecule has 14 heavy (non-hydrogen) atoms. The molecule has 1 aliphatic carbocycles. The molecule has 1 fully saturated rings. The average molecular weight is 191 g/mol. The van der Waals surface area contributed by atoms with Crippen molar-refractivity contribution in [3.63, 3.8) is 0 Å². The molecule has 1 saturated carbocycles. The average Bonchev–Trinajstić information content (AvgIpc) is 2.71. The van der Waals surface area contributed by atoms with E-state index >= 15 is 0 Å². The minimum atomic E-state index is -0.907. The van der Waals surface area contributed by atoms with Crippen LogP contribution < -0.4 is 0 Å². The number of hydrogen-bond acceptors (Lipinski definition) is 2. The Morgan fingerprint density at radius 3 is 2.57 bits per heavy atom. The lowest BCUT2D eigenvalue weighted by Crippen LogP contribution is -2.00. The fourth-order valence-electron chi connectivity index (χ4n) is 1.99. The van der Waals surface area contributed by atoms with Crippen LogP contribution in [0.15, 0.2) is 18.3 Å². The molecule has 1 aromatic heterocycles. The molecule has 0 aromatic carbocycles. The predicted molar refractivity (Wildman–Crippen MR) is 52.4 cm³/mol. The molecule has 1 aromatic rings. The Kier molecular flexibility index (Phi) is 2.48. The summed E-state index contributed by atoms with van der Waals surface area (Å²) >= 11 is 0. The molecule has 1 aliphatic rings. The highest BCUT2D eigenvalue weighted by Crippen LogP contribution is 2.32. The first-order chi connectivity index (χ1) is 6.77. The zero-order chi connectivity index (χ0) is 9.97. The number of hydrogen-bond donors (Lipinski definition) is 1. The predicted octanol–water partition coefficient (Wildman–Crippen LogP) is 2.44. The van der Waals surface area contributed by atoms with Gasteiger partial charge in [-0.25, -0.2) is 4.79 Å². The van der Waals surface area contributed by atoms with Crippen molar-refractivity contribution in [3.05, 3.63) is 29.6 Å². The molecule has 0 saturated heterocycles. The largest absolute Gasteiger partial charge is 0.478 e. The smallest absolute Gasteiger partial charge is 0.337 e. The van der Waals surface area contributed by atoms with Crippen LogP contribution in [0.3, 0.4) is 0 Å². The zero-order valence-electron chi connectivity index (χ0n) is 7.94. The van der Waals surface area contributed by atoms with Gasteiger partial charge < -0.3 is 5.11 Å².